The summed E-state index contributed by atoms with van der Waals surface area (Å²) in [7, 11) is 1.66. The fraction of sp³-hybridized carbons (Fsp3) is 0.143. The largest absolute Gasteiger partial charge is 0.497 e. The second-order valence-electron chi connectivity index (χ2n) is 4.21. The number of methoxy groups -OCH3 is 1. The first-order valence-electron chi connectivity index (χ1n) is 5.84. The van der Waals surface area contributed by atoms with E-state index < -0.39 is 0 Å². The first-order chi connectivity index (χ1) is 9.19. The van der Waals surface area contributed by atoms with E-state index in [0.717, 1.165) is 38.3 Å². The van der Waals surface area contributed by atoms with E-state index in [-0.39, 0.29) is 0 Å². The first kappa shape index (κ1) is 12.2. The second-order valence-corrected chi connectivity index (χ2v) is 5.07. The van der Waals surface area contributed by atoms with Crippen LogP contribution in [-0.2, 0) is 0 Å². The van der Waals surface area contributed by atoms with E-state index in [2.05, 4.69) is 30.9 Å². The Hall–Kier alpha value is -1.88. The summed E-state index contributed by atoms with van der Waals surface area (Å²) < 4.78 is 6.23. The Morgan fingerprint density at radius 1 is 1.26 bits per heavy atom. The molecule has 19 heavy (non-hydrogen) atoms. The lowest BCUT2D eigenvalue weighted by Crippen LogP contribution is -1.93. The van der Waals surface area contributed by atoms with Crippen LogP contribution in [0.25, 0.3) is 22.3 Å². The van der Waals surface area contributed by atoms with Crippen molar-refractivity contribution in [2.24, 2.45) is 0 Å². The van der Waals surface area contributed by atoms with Crippen LogP contribution in [-0.4, -0.2) is 22.1 Å². The Labute approximate surface area is 119 Å². The lowest BCUT2D eigenvalue weighted by molar-refractivity contribution is 0.415. The lowest BCUT2D eigenvalue weighted by Gasteiger charge is -2.06. The summed E-state index contributed by atoms with van der Waals surface area (Å²) in [5.74, 6) is 1.55. The van der Waals surface area contributed by atoms with Gasteiger partial charge in [-0.25, -0.2) is 9.97 Å². The molecule has 0 aliphatic carbocycles. The van der Waals surface area contributed by atoms with Crippen molar-refractivity contribution in [3.05, 3.63) is 40.8 Å². The molecule has 0 atom stereocenters. The molecule has 5 heteroatoms. The van der Waals surface area contributed by atoms with Gasteiger partial charge >= 0.3 is 0 Å². The maximum absolute atomic E-state index is 5.27. The molecule has 0 radical (unpaired) electrons. The molecule has 0 saturated heterocycles. The molecule has 96 valence electrons. The van der Waals surface area contributed by atoms with E-state index in [4.69, 9.17) is 4.74 Å². The normalized spacial score (nSPS) is 10.9. The van der Waals surface area contributed by atoms with Gasteiger partial charge in [-0.2, -0.15) is 0 Å². The Balaban J connectivity index is 2.31. The van der Waals surface area contributed by atoms with E-state index in [0.29, 0.717) is 0 Å². The molecule has 0 fully saturated rings. The molecule has 0 unspecified atom stereocenters. The molecule has 4 nitrogen and oxygen atoms in total. The Bertz CT molecular complexity index is 752. The van der Waals surface area contributed by atoms with Crippen LogP contribution in [0.1, 0.15) is 5.82 Å². The maximum atomic E-state index is 5.27. The van der Waals surface area contributed by atoms with E-state index in [1.807, 2.05) is 37.4 Å². The zero-order chi connectivity index (χ0) is 13.4. The number of aryl methyl sites for hydroxylation is 1. The van der Waals surface area contributed by atoms with Crippen LogP contribution in [0, 0.1) is 6.92 Å². The molecule has 0 saturated carbocycles. The SMILES string of the molecule is COc1cccc(-c2nc(C)nc3[nH]cc(Br)c23)c1. The molecular weight excluding hydrogens is 306 g/mol. The highest BCUT2D eigenvalue weighted by Gasteiger charge is 2.13. The number of aromatic amines is 1. The molecular formula is C14H12BrN3O. The van der Waals surface area contributed by atoms with Crippen LogP contribution < -0.4 is 4.74 Å². The van der Waals surface area contributed by atoms with Crippen LogP contribution in [0.4, 0.5) is 0 Å². The van der Waals surface area contributed by atoms with Gasteiger partial charge in [-0.05, 0) is 35.0 Å². The molecule has 0 spiro atoms. The highest BCUT2D eigenvalue weighted by atomic mass is 79.9. The minimum absolute atomic E-state index is 0.736. The number of hydrogen-bond donors (Lipinski definition) is 1. The zero-order valence-electron chi connectivity index (χ0n) is 10.6. The number of halogens is 1. The Morgan fingerprint density at radius 3 is 2.89 bits per heavy atom. The highest BCUT2D eigenvalue weighted by molar-refractivity contribution is 9.10. The fourth-order valence-electron chi connectivity index (χ4n) is 2.09. The van der Waals surface area contributed by atoms with Crippen molar-refractivity contribution in [2.75, 3.05) is 7.11 Å². The van der Waals surface area contributed by atoms with E-state index in [1.165, 1.54) is 0 Å². The van der Waals surface area contributed by atoms with E-state index in [9.17, 15) is 0 Å². The molecule has 0 amide bonds. The number of H-pyrrole nitrogens is 1. The van der Waals surface area contributed by atoms with Gasteiger partial charge < -0.3 is 9.72 Å². The third kappa shape index (κ3) is 2.10. The van der Waals surface area contributed by atoms with E-state index in [1.54, 1.807) is 7.11 Å². The van der Waals surface area contributed by atoms with E-state index >= 15 is 0 Å². The Morgan fingerprint density at radius 2 is 2.11 bits per heavy atom. The summed E-state index contributed by atoms with van der Waals surface area (Å²) in [5, 5.41) is 0.985. The maximum Gasteiger partial charge on any atom is 0.142 e. The van der Waals surface area contributed by atoms with Crippen molar-refractivity contribution in [3.63, 3.8) is 0 Å². The first-order valence-corrected chi connectivity index (χ1v) is 6.64. The summed E-state index contributed by atoms with van der Waals surface area (Å²) in [6, 6.07) is 7.86. The molecule has 0 aliphatic rings. The van der Waals surface area contributed by atoms with Crippen LogP contribution >= 0.6 is 15.9 Å². The van der Waals surface area contributed by atoms with Gasteiger partial charge in [-0.15, -0.1) is 0 Å². The summed E-state index contributed by atoms with van der Waals surface area (Å²) in [4.78, 5) is 12.1. The summed E-state index contributed by atoms with van der Waals surface area (Å²) >= 11 is 3.53. The van der Waals surface area contributed by atoms with Gasteiger partial charge in [0.25, 0.3) is 0 Å². The number of ether oxygens (including phenoxy) is 1. The zero-order valence-corrected chi connectivity index (χ0v) is 12.2. The van der Waals surface area contributed by atoms with Gasteiger partial charge in [0.05, 0.1) is 18.2 Å². The fourth-order valence-corrected chi connectivity index (χ4v) is 2.58. The predicted octanol–water partition coefficient (Wildman–Crippen LogP) is 3.70. The number of hydrogen-bond acceptors (Lipinski definition) is 3. The van der Waals surface area contributed by atoms with Crippen LogP contribution in [0.3, 0.4) is 0 Å². The number of aromatic nitrogens is 3. The molecule has 3 rings (SSSR count). The molecule has 1 aromatic carbocycles. The van der Waals surface area contributed by atoms with Gasteiger partial charge in [0.2, 0.25) is 0 Å². The Kier molecular flexibility index (Phi) is 2.98. The molecule has 2 aromatic heterocycles. The van der Waals surface area contributed by atoms with Crippen molar-refractivity contribution in [3.8, 4) is 17.0 Å². The highest BCUT2D eigenvalue weighted by Crippen LogP contribution is 2.32. The minimum atomic E-state index is 0.736. The molecule has 2 heterocycles. The predicted molar refractivity (Wildman–Crippen MR) is 78.3 cm³/mol. The average molecular weight is 318 g/mol. The minimum Gasteiger partial charge on any atom is -0.497 e. The van der Waals surface area contributed by atoms with Gasteiger partial charge in [-0.1, -0.05) is 12.1 Å². The van der Waals surface area contributed by atoms with Gasteiger partial charge in [0.1, 0.15) is 17.2 Å². The van der Waals surface area contributed by atoms with Crippen molar-refractivity contribution in [1.82, 2.24) is 15.0 Å². The molecule has 3 aromatic rings. The van der Waals surface area contributed by atoms with Crippen LogP contribution in [0.2, 0.25) is 0 Å². The lowest BCUT2D eigenvalue weighted by atomic mass is 10.1. The van der Waals surface area contributed by atoms with Crippen LogP contribution in [0.5, 0.6) is 5.75 Å². The topological polar surface area (TPSA) is 50.8 Å². The van der Waals surface area contributed by atoms with Crippen molar-refractivity contribution >= 4 is 27.0 Å². The summed E-state index contributed by atoms with van der Waals surface area (Å²) in [6.07, 6.45) is 1.88. The third-order valence-corrected chi connectivity index (χ3v) is 3.56. The van der Waals surface area contributed by atoms with Crippen molar-refractivity contribution in [2.45, 2.75) is 6.92 Å². The van der Waals surface area contributed by atoms with Gasteiger partial charge in [-0.3, -0.25) is 0 Å². The van der Waals surface area contributed by atoms with Gasteiger partial charge in [0.15, 0.2) is 0 Å². The smallest absolute Gasteiger partial charge is 0.142 e. The molecule has 0 bridgehead atoms. The van der Waals surface area contributed by atoms with Gasteiger partial charge in [0, 0.05) is 16.2 Å². The summed E-state index contributed by atoms with van der Waals surface area (Å²) in [6.45, 7) is 1.89. The van der Waals surface area contributed by atoms with Crippen molar-refractivity contribution in [1.29, 1.82) is 0 Å². The number of nitrogens with one attached hydrogen (secondary N) is 1. The standard InChI is InChI=1S/C14H12BrN3O/c1-8-17-13(9-4-3-5-10(6-9)19-2)12-11(15)7-16-14(12)18-8/h3-7H,1-2H3,(H,16,17,18). The van der Waals surface area contributed by atoms with Crippen LogP contribution in [0.15, 0.2) is 34.9 Å². The summed E-state index contributed by atoms with van der Waals surface area (Å²) in [5.41, 5.74) is 2.74. The number of benzene rings is 1. The van der Waals surface area contributed by atoms with Crippen molar-refractivity contribution < 1.29 is 4.74 Å². The number of rotatable bonds is 2. The number of fused-ring (bicyclic) bond motifs is 1. The monoisotopic (exact) mass is 317 g/mol. The molecule has 0 aliphatic heterocycles. The number of nitrogens with zero attached hydrogens (tertiary/aromatic N) is 2. The third-order valence-electron chi connectivity index (χ3n) is 2.94. The second kappa shape index (κ2) is 4.66. The molecule has 1 N–H and O–H groups in total. The average Bonchev–Trinajstić information content (AvgIpc) is 2.79. The quantitative estimate of drug-likeness (QED) is 0.784.